The molecule has 2 aromatic carbocycles. The van der Waals surface area contributed by atoms with Crippen molar-refractivity contribution < 1.29 is 23.8 Å². The molecule has 4 aliphatic rings. The van der Waals surface area contributed by atoms with Crippen LogP contribution in [0, 0.1) is 35.4 Å². The maximum absolute atomic E-state index is 13.7. The Morgan fingerprint density at radius 1 is 1.08 bits per heavy atom. The van der Waals surface area contributed by atoms with Crippen LogP contribution in [0.15, 0.2) is 52.3 Å². The number of fused-ring (bicyclic) bond motifs is 9. The van der Waals surface area contributed by atoms with Crippen molar-refractivity contribution in [3.05, 3.63) is 68.4 Å². The number of benzene rings is 2. The molecule has 2 bridgehead atoms. The number of ether oxygens (including phenoxy) is 1. The van der Waals surface area contributed by atoms with E-state index in [-0.39, 0.29) is 51.4 Å². The summed E-state index contributed by atoms with van der Waals surface area (Å²) in [5.74, 6) is -1.43. The van der Waals surface area contributed by atoms with Gasteiger partial charge < -0.3 is 14.8 Å². The Morgan fingerprint density at radius 2 is 1.81 bits per heavy atom. The highest BCUT2D eigenvalue weighted by Gasteiger charge is 2.69. The Labute approximate surface area is 219 Å². The van der Waals surface area contributed by atoms with Crippen LogP contribution in [-0.2, 0) is 9.59 Å². The van der Waals surface area contributed by atoms with E-state index >= 15 is 0 Å². The van der Waals surface area contributed by atoms with E-state index in [0.29, 0.717) is 18.0 Å². The Kier molecular flexibility index (Phi) is 5.10. The number of aromatic nitrogens is 1. The number of amides is 2. The molecule has 0 radical (unpaired) electrons. The lowest BCUT2D eigenvalue weighted by molar-refractivity contribution is -0.123. The first-order valence-corrected chi connectivity index (χ1v) is 14.1. The summed E-state index contributed by atoms with van der Waals surface area (Å²) in [6.07, 6.45) is 0.776. The fourth-order valence-electron chi connectivity index (χ4n) is 7.23. The third-order valence-corrected chi connectivity index (χ3v) is 11.0. The predicted molar refractivity (Wildman–Crippen MR) is 137 cm³/mol. The Morgan fingerprint density at radius 3 is 2.54 bits per heavy atom. The first kappa shape index (κ1) is 23.0. The predicted octanol–water partition coefficient (Wildman–Crippen LogP) is 4.36. The van der Waals surface area contributed by atoms with E-state index in [2.05, 4.69) is 4.98 Å². The van der Waals surface area contributed by atoms with Crippen LogP contribution in [-0.4, -0.2) is 33.8 Å². The zero-order valence-corrected chi connectivity index (χ0v) is 21.4. The normalized spacial score (nSPS) is 31.4. The van der Waals surface area contributed by atoms with Crippen LogP contribution in [0.1, 0.15) is 29.7 Å². The summed E-state index contributed by atoms with van der Waals surface area (Å²) < 4.78 is 19.2. The summed E-state index contributed by atoms with van der Waals surface area (Å²) in [4.78, 5) is 44.8. The van der Waals surface area contributed by atoms with Gasteiger partial charge in [-0.25, -0.2) is 4.39 Å². The first-order chi connectivity index (χ1) is 17.9. The van der Waals surface area contributed by atoms with Crippen molar-refractivity contribution >= 4 is 40.6 Å². The molecule has 37 heavy (non-hydrogen) atoms. The number of phenolic OH excluding ortho intramolecular Hbond substituents is 1. The van der Waals surface area contributed by atoms with Crippen molar-refractivity contribution in [2.45, 2.75) is 29.5 Å². The zero-order valence-electron chi connectivity index (χ0n) is 19.7. The molecule has 2 aliphatic heterocycles. The fraction of sp³-hybridized carbons (Fsp3) is 0.370. The molecule has 3 fully saturated rings. The van der Waals surface area contributed by atoms with Gasteiger partial charge in [-0.2, -0.15) is 0 Å². The van der Waals surface area contributed by atoms with Crippen molar-refractivity contribution in [3.63, 3.8) is 0 Å². The van der Waals surface area contributed by atoms with E-state index in [1.807, 2.05) is 19.1 Å². The highest BCUT2D eigenvalue weighted by atomic mass is 32.2. The SMILES string of the molecule is CCOc1cc([C@@H]2c3sc(=O)[nH]c3S[C@@H]3[C@H]4C[C@@H]([C@@H]5C(=O)N(c6ccc(F)cc6)C(=O)[C@@H]45)[C@@H]23)ccc1O. The molecule has 7 rings (SSSR count). The number of thiazole rings is 1. The highest BCUT2D eigenvalue weighted by Crippen LogP contribution is 2.68. The summed E-state index contributed by atoms with van der Waals surface area (Å²) in [5, 5.41) is 11.2. The van der Waals surface area contributed by atoms with E-state index < -0.39 is 17.7 Å². The van der Waals surface area contributed by atoms with Gasteiger partial charge in [0, 0.05) is 16.0 Å². The number of imide groups is 1. The van der Waals surface area contributed by atoms with Crippen molar-refractivity contribution in [3.8, 4) is 11.5 Å². The van der Waals surface area contributed by atoms with Crippen LogP contribution in [0.5, 0.6) is 11.5 Å². The van der Waals surface area contributed by atoms with E-state index in [1.165, 1.54) is 40.5 Å². The zero-order chi connectivity index (χ0) is 25.6. The number of hydrogen-bond donors (Lipinski definition) is 2. The van der Waals surface area contributed by atoms with Crippen molar-refractivity contribution in [1.82, 2.24) is 4.98 Å². The van der Waals surface area contributed by atoms with Gasteiger partial charge in [0.05, 0.1) is 29.2 Å². The second kappa shape index (κ2) is 8.19. The molecule has 2 aliphatic carbocycles. The number of hydrogen-bond acceptors (Lipinski definition) is 7. The van der Waals surface area contributed by atoms with Gasteiger partial charge in [-0.1, -0.05) is 17.4 Å². The lowest BCUT2D eigenvalue weighted by Gasteiger charge is -2.43. The topological polar surface area (TPSA) is 99.7 Å². The number of rotatable bonds is 4. The van der Waals surface area contributed by atoms with Gasteiger partial charge in [-0.3, -0.25) is 19.3 Å². The molecule has 1 saturated heterocycles. The summed E-state index contributed by atoms with van der Waals surface area (Å²) >= 11 is 2.81. The number of anilines is 1. The number of carbonyl (C=O) groups excluding carboxylic acids is 2. The average Bonchev–Trinajstić information content (AvgIpc) is 3.60. The smallest absolute Gasteiger partial charge is 0.305 e. The first-order valence-electron chi connectivity index (χ1n) is 12.4. The maximum Gasteiger partial charge on any atom is 0.305 e. The van der Waals surface area contributed by atoms with E-state index in [9.17, 15) is 23.9 Å². The Balaban J connectivity index is 1.32. The van der Waals surface area contributed by atoms with Crippen molar-refractivity contribution in [2.24, 2.45) is 29.6 Å². The molecule has 7 atom stereocenters. The number of aromatic hydroxyl groups is 1. The Bertz CT molecular complexity index is 1500. The number of H-pyrrole nitrogens is 1. The lowest BCUT2D eigenvalue weighted by atomic mass is 9.68. The average molecular weight is 539 g/mol. The second-order valence-corrected chi connectivity index (χ2v) is 12.3. The van der Waals surface area contributed by atoms with Gasteiger partial charge in [0.15, 0.2) is 11.5 Å². The van der Waals surface area contributed by atoms with E-state index in [0.717, 1.165) is 21.9 Å². The van der Waals surface area contributed by atoms with E-state index in [4.69, 9.17) is 4.74 Å². The monoisotopic (exact) mass is 538 g/mol. The van der Waals surface area contributed by atoms with Crippen LogP contribution in [0.2, 0.25) is 0 Å². The number of carbonyl (C=O) groups is 2. The number of nitrogens with zero attached hydrogens (tertiary/aromatic N) is 1. The number of halogens is 1. The molecule has 1 aromatic heterocycles. The lowest BCUT2D eigenvalue weighted by Crippen LogP contribution is -2.42. The summed E-state index contributed by atoms with van der Waals surface area (Å²) in [6.45, 7) is 2.25. The van der Waals surface area contributed by atoms with Gasteiger partial charge in [0.1, 0.15) is 5.82 Å². The summed E-state index contributed by atoms with van der Waals surface area (Å²) in [5.41, 5.74) is 1.32. The van der Waals surface area contributed by atoms with Gasteiger partial charge in [0.2, 0.25) is 11.8 Å². The quantitative estimate of drug-likeness (QED) is 0.479. The molecular weight excluding hydrogens is 515 g/mol. The molecule has 2 saturated carbocycles. The van der Waals surface area contributed by atoms with Crippen LogP contribution in [0.25, 0.3) is 0 Å². The highest BCUT2D eigenvalue weighted by molar-refractivity contribution is 8.00. The van der Waals surface area contributed by atoms with E-state index in [1.54, 1.807) is 17.8 Å². The molecule has 0 unspecified atom stereocenters. The van der Waals surface area contributed by atoms with Crippen molar-refractivity contribution in [1.29, 1.82) is 0 Å². The third kappa shape index (κ3) is 3.21. The van der Waals surface area contributed by atoms with Gasteiger partial charge in [0.25, 0.3) is 0 Å². The molecular formula is C27H23FN2O5S2. The molecule has 2 N–H and O–H groups in total. The second-order valence-electron chi connectivity index (χ2n) is 10.1. The number of thioether (sulfide) groups is 1. The molecule has 2 amide bonds. The minimum absolute atomic E-state index is 0.00516. The van der Waals surface area contributed by atoms with Gasteiger partial charge in [-0.05, 0) is 73.1 Å². The fourth-order valence-corrected chi connectivity index (χ4v) is 10.1. The minimum atomic E-state index is -0.437. The Hall–Kier alpha value is -3.11. The van der Waals surface area contributed by atoms with Crippen LogP contribution < -0.4 is 14.5 Å². The maximum atomic E-state index is 13.7. The third-order valence-electron chi connectivity index (χ3n) is 8.45. The van der Waals surface area contributed by atoms with Gasteiger partial charge >= 0.3 is 4.87 Å². The number of nitrogens with one attached hydrogen (secondary N) is 1. The minimum Gasteiger partial charge on any atom is -0.504 e. The van der Waals surface area contributed by atoms with Gasteiger partial charge in [-0.15, -0.1) is 11.8 Å². The van der Waals surface area contributed by atoms with Crippen LogP contribution >= 0.6 is 23.1 Å². The summed E-state index contributed by atoms with van der Waals surface area (Å²) in [6, 6.07) is 10.8. The standard InChI is InChI=1S/C27H23FN2O5S2/c1-2-35-17-9-11(3-8-16(17)31)18-19-14-10-15(22(19)36-24-23(18)37-27(34)29-24)21-20(14)25(32)30(26(21)33)13-6-4-12(28)5-7-13/h3-9,14-15,18-22,31H,2,10H2,1H3,(H,29,34)/t14-,15+,18+,19+,20+,21+,22-/m1/s1. The largest absolute Gasteiger partial charge is 0.504 e. The molecule has 0 spiro atoms. The van der Waals surface area contributed by atoms with Crippen LogP contribution in [0.3, 0.4) is 0 Å². The molecule has 190 valence electrons. The summed E-state index contributed by atoms with van der Waals surface area (Å²) in [7, 11) is 0. The molecule has 7 nitrogen and oxygen atoms in total. The number of phenols is 1. The number of aromatic amines is 1. The molecule has 3 heterocycles. The molecule has 3 aromatic rings. The van der Waals surface area contributed by atoms with Crippen LogP contribution in [0.4, 0.5) is 10.1 Å². The van der Waals surface area contributed by atoms with Crippen molar-refractivity contribution in [2.75, 3.05) is 11.5 Å². The molecule has 10 heteroatoms.